The molecule has 3 heterocycles. The van der Waals surface area contributed by atoms with E-state index in [9.17, 15) is 0 Å². The molecular weight excluding hydrogens is 420 g/mol. The van der Waals surface area contributed by atoms with Crippen LogP contribution in [0.15, 0.2) is 36.8 Å². The standard InChI is InChI=1S/C26H38N4O.ClH/c1-19(2)31-22-6-7-25-23(14-22)24(16-27-25)21-9-12-29(13-10-21)11-8-20-15-28-30(17-20)18-26(3,4)5;/h6-7,14-17,19,21,27H,8-13,18H2,1-5H3;1H. The van der Waals surface area contributed by atoms with Gasteiger partial charge in [0.2, 0.25) is 0 Å². The Kier molecular flexibility index (Phi) is 7.94. The van der Waals surface area contributed by atoms with Gasteiger partial charge in [0.25, 0.3) is 0 Å². The Morgan fingerprint density at radius 1 is 1.19 bits per heavy atom. The number of H-pyrrole nitrogens is 1. The minimum absolute atomic E-state index is 0. The first-order chi connectivity index (χ1) is 14.8. The predicted molar refractivity (Wildman–Crippen MR) is 135 cm³/mol. The zero-order chi connectivity index (χ0) is 22.0. The average Bonchev–Trinajstić information content (AvgIpc) is 3.31. The van der Waals surface area contributed by atoms with E-state index in [4.69, 9.17) is 4.74 Å². The number of rotatable bonds is 7. The van der Waals surface area contributed by atoms with E-state index >= 15 is 0 Å². The molecule has 0 saturated carbocycles. The second-order valence-electron chi connectivity index (χ2n) is 10.6. The highest BCUT2D eigenvalue weighted by Gasteiger charge is 2.23. The molecule has 0 unspecified atom stereocenters. The Hall–Kier alpha value is -1.98. The summed E-state index contributed by atoms with van der Waals surface area (Å²) in [6.45, 7) is 15.3. The maximum atomic E-state index is 5.92. The molecule has 1 N–H and O–H groups in total. The molecule has 0 bridgehead atoms. The van der Waals surface area contributed by atoms with Gasteiger partial charge in [-0.2, -0.15) is 5.10 Å². The highest BCUT2D eigenvalue weighted by molar-refractivity contribution is 5.85. The molecule has 6 heteroatoms. The first kappa shape index (κ1) is 24.7. The van der Waals surface area contributed by atoms with E-state index in [1.54, 1.807) is 0 Å². The van der Waals surface area contributed by atoms with E-state index in [2.05, 4.69) is 84.9 Å². The lowest BCUT2D eigenvalue weighted by Crippen LogP contribution is -2.34. The van der Waals surface area contributed by atoms with Crippen molar-refractivity contribution in [3.8, 4) is 5.75 Å². The second-order valence-corrected chi connectivity index (χ2v) is 10.6. The third kappa shape index (κ3) is 6.29. The van der Waals surface area contributed by atoms with Gasteiger partial charge in [0.1, 0.15) is 5.75 Å². The fourth-order valence-corrected chi connectivity index (χ4v) is 4.67. The van der Waals surface area contributed by atoms with Gasteiger partial charge in [-0.05, 0) is 86.9 Å². The van der Waals surface area contributed by atoms with Crippen LogP contribution in [0.5, 0.6) is 5.75 Å². The monoisotopic (exact) mass is 458 g/mol. The normalized spacial score (nSPS) is 15.9. The predicted octanol–water partition coefficient (Wildman–Crippen LogP) is 6.04. The summed E-state index contributed by atoms with van der Waals surface area (Å²) in [4.78, 5) is 6.07. The SMILES string of the molecule is CC(C)Oc1ccc2[nH]cc(C3CCN(CCc4cnn(CC(C)(C)C)c4)CC3)c2c1.Cl. The molecule has 0 spiro atoms. The summed E-state index contributed by atoms with van der Waals surface area (Å²) in [5.74, 6) is 1.58. The van der Waals surface area contributed by atoms with Gasteiger partial charge in [-0.15, -0.1) is 12.4 Å². The molecule has 1 aliphatic heterocycles. The summed E-state index contributed by atoms with van der Waals surface area (Å²) in [5.41, 5.74) is 4.27. The van der Waals surface area contributed by atoms with Gasteiger partial charge in [0.05, 0.1) is 12.3 Å². The van der Waals surface area contributed by atoms with Gasteiger partial charge in [-0.25, -0.2) is 0 Å². The summed E-state index contributed by atoms with van der Waals surface area (Å²) < 4.78 is 8.02. The lowest BCUT2D eigenvalue weighted by Gasteiger charge is -2.31. The van der Waals surface area contributed by atoms with Gasteiger partial charge in [-0.1, -0.05) is 20.8 Å². The van der Waals surface area contributed by atoms with Crippen LogP contribution in [0.1, 0.15) is 64.5 Å². The summed E-state index contributed by atoms with van der Waals surface area (Å²) in [7, 11) is 0. The van der Waals surface area contributed by atoms with Crippen LogP contribution in [0.2, 0.25) is 0 Å². The Morgan fingerprint density at radius 2 is 1.94 bits per heavy atom. The number of hydrogen-bond acceptors (Lipinski definition) is 3. The van der Waals surface area contributed by atoms with Gasteiger partial charge in [0, 0.05) is 36.4 Å². The number of hydrogen-bond donors (Lipinski definition) is 1. The van der Waals surface area contributed by atoms with E-state index < -0.39 is 0 Å². The Bertz CT molecular complexity index is 993. The fourth-order valence-electron chi connectivity index (χ4n) is 4.67. The van der Waals surface area contributed by atoms with Crippen molar-refractivity contribution in [2.24, 2.45) is 5.41 Å². The van der Waals surface area contributed by atoms with Crippen molar-refractivity contribution in [2.75, 3.05) is 19.6 Å². The largest absolute Gasteiger partial charge is 0.491 e. The fraction of sp³-hybridized carbons (Fsp3) is 0.577. The van der Waals surface area contributed by atoms with Gasteiger partial charge in [0.15, 0.2) is 0 Å². The van der Waals surface area contributed by atoms with Crippen LogP contribution in [-0.2, 0) is 13.0 Å². The summed E-state index contributed by atoms with van der Waals surface area (Å²) in [6.07, 6.45) is 10.2. The number of fused-ring (bicyclic) bond motifs is 1. The van der Waals surface area contributed by atoms with Crippen LogP contribution in [-0.4, -0.2) is 45.4 Å². The van der Waals surface area contributed by atoms with E-state index in [1.807, 2.05) is 6.20 Å². The Morgan fingerprint density at radius 3 is 2.62 bits per heavy atom. The first-order valence-electron chi connectivity index (χ1n) is 11.8. The highest BCUT2D eigenvalue weighted by atomic mass is 35.5. The number of nitrogens with zero attached hydrogens (tertiary/aromatic N) is 3. The molecule has 0 aliphatic carbocycles. The second kappa shape index (κ2) is 10.3. The average molecular weight is 459 g/mol. The van der Waals surface area contributed by atoms with Crippen molar-refractivity contribution in [1.29, 1.82) is 0 Å². The maximum absolute atomic E-state index is 5.92. The van der Waals surface area contributed by atoms with E-state index in [1.165, 1.54) is 34.9 Å². The summed E-state index contributed by atoms with van der Waals surface area (Å²) in [6, 6.07) is 6.42. The maximum Gasteiger partial charge on any atom is 0.120 e. The third-order valence-corrected chi connectivity index (χ3v) is 6.12. The van der Waals surface area contributed by atoms with E-state index in [0.29, 0.717) is 5.92 Å². The smallest absolute Gasteiger partial charge is 0.120 e. The quantitative estimate of drug-likeness (QED) is 0.469. The molecule has 1 saturated heterocycles. The minimum Gasteiger partial charge on any atom is -0.491 e. The van der Waals surface area contributed by atoms with Crippen molar-refractivity contribution in [3.05, 3.63) is 47.9 Å². The number of benzene rings is 1. The number of nitrogens with one attached hydrogen (secondary N) is 1. The Balaban J connectivity index is 0.00000289. The van der Waals surface area contributed by atoms with Crippen LogP contribution < -0.4 is 4.74 Å². The number of aromatic nitrogens is 3. The summed E-state index contributed by atoms with van der Waals surface area (Å²) >= 11 is 0. The van der Waals surface area contributed by atoms with Crippen LogP contribution >= 0.6 is 12.4 Å². The molecule has 1 aliphatic rings. The number of halogens is 1. The zero-order valence-electron chi connectivity index (χ0n) is 20.2. The number of likely N-dealkylation sites (tertiary alicyclic amines) is 1. The molecule has 3 aromatic rings. The van der Waals surface area contributed by atoms with E-state index in [0.717, 1.165) is 38.3 Å². The van der Waals surface area contributed by atoms with Gasteiger partial charge in [-0.3, -0.25) is 4.68 Å². The van der Waals surface area contributed by atoms with Crippen molar-refractivity contribution >= 4 is 23.3 Å². The molecule has 4 rings (SSSR count). The van der Waals surface area contributed by atoms with Crippen LogP contribution in [0.3, 0.4) is 0 Å². The lowest BCUT2D eigenvalue weighted by molar-refractivity contribution is 0.215. The molecule has 2 aromatic heterocycles. The van der Waals surface area contributed by atoms with Crippen LogP contribution in [0.25, 0.3) is 10.9 Å². The lowest BCUT2D eigenvalue weighted by atomic mass is 9.89. The third-order valence-electron chi connectivity index (χ3n) is 6.12. The number of aromatic amines is 1. The molecule has 0 atom stereocenters. The van der Waals surface area contributed by atoms with Gasteiger partial charge >= 0.3 is 0 Å². The molecule has 176 valence electrons. The minimum atomic E-state index is 0. The zero-order valence-corrected chi connectivity index (χ0v) is 21.0. The molecule has 32 heavy (non-hydrogen) atoms. The van der Waals surface area contributed by atoms with Crippen LogP contribution in [0, 0.1) is 5.41 Å². The van der Waals surface area contributed by atoms with Crippen molar-refractivity contribution in [2.45, 2.75) is 72.4 Å². The summed E-state index contributed by atoms with van der Waals surface area (Å²) in [5, 5.41) is 5.87. The van der Waals surface area contributed by atoms with Crippen molar-refractivity contribution in [1.82, 2.24) is 19.7 Å². The molecule has 1 fully saturated rings. The topological polar surface area (TPSA) is 46.1 Å². The molecule has 0 radical (unpaired) electrons. The molecule has 0 amide bonds. The number of ether oxygens (including phenoxy) is 1. The highest BCUT2D eigenvalue weighted by Crippen LogP contribution is 2.35. The Labute approximate surface area is 198 Å². The number of piperidine rings is 1. The molecule has 1 aromatic carbocycles. The van der Waals surface area contributed by atoms with Crippen molar-refractivity contribution < 1.29 is 4.74 Å². The molecule has 5 nitrogen and oxygen atoms in total. The van der Waals surface area contributed by atoms with E-state index in [-0.39, 0.29) is 23.9 Å². The van der Waals surface area contributed by atoms with Crippen molar-refractivity contribution in [3.63, 3.8) is 0 Å². The molecular formula is C26H39ClN4O. The van der Waals surface area contributed by atoms with Gasteiger partial charge < -0.3 is 14.6 Å². The first-order valence-corrected chi connectivity index (χ1v) is 11.8. The van der Waals surface area contributed by atoms with Crippen LogP contribution in [0.4, 0.5) is 0 Å².